The molecule has 36 heavy (non-hydrogen) atoms. The average molecular weight is 577 g/mol. The van der Waals surface area contributed by atoms with Crippen molar-refractivity contribution in [3.63, 3.8) is 0 Å². The van der Waals surface area contributed by atoms with Gasteiger partial charge in [-0.05, 0) is 44.6 Å². The van der Waals surface area contributed by atoms with Crippen LogP contribution in [-0.2, 0) is 50.6 Å². The van der Waals surface area contributed by atoms with Crippen molar-refractivity contribution in [3.05, 3.63) is 12.2 Å². The van der Waals surface area contributed by atoms with E-state index in [1.807, 2.05) is 0 Å². The van der Waals surface area contributed by atoms with Gasteiger partial charge in [-0.2, -0.15) is 4.31 Å². The molecule has 2 fully saturated rings. The minimum absolute atomic E-state index is 0.229. The Labute approximate surface area is 207 Å². The number of nitrogens with one attached hydrogen (secondary N) is 1. The second-order valence-corrected chi connectivity index (χ2v) is 14.3. The number of carbonyl (C=O) groups is 2. The second kappa shape index (κ2) is 10.8. The topological polar surface area (TPSA) is 213 Å². The summed E-state index contributed by atoms with van der Waals surface area (Å²) >= 11 is 0. The van der Waals surface area contributed by atoms with E-state index >= 15 is 0 Å². The lowest BCUT2D eigenvalue weighted by Gasteiger charge is -2.26. The van der Waals surface area contributed by atoms with Crippen LogP contribution in [0.1, 0.15) is 33.6 Å². The second-order valence-electron chi connectivity index (χ2n) is 9.22. The van der Waals surface area contributed by atoms with Crippen molar-refractivity contribution in [1.82, 2.24) is 5.32 Å². The molecule has 2 amide bonds. The molecule has 4 N–H and O–H groups in total. The largest absolute Gasteiger partial charge is 0.488 e. The summed E-state index contributed by atoms with van der Waals surface area (Å²) < 4.78 is 65.1. The maximum absolute atomic E-state index is 12.4. The predicted molar refractivity (Wildman–Crippen MR) is 120 cm³/mol. The van der Waals surface area contributed by atoms with Crippen molar-refractivity contribution < 1.29 is 65.3 Å². The van der Waals surface area contributed by atoms with E-state index in [1.165, 1.54) is 6.08 Å². The first-order chi connectivity index (χ1) is 16.4. The van der Waals surface area contributed by atoms with E-state index in [0.29, 0.717) is 6.42 Å². The number of phosphoric acid groups is 2. The van der Waals surface area contributed by atoms with Crippen LogP contribution in [0.15, 0.2) is 12.2 Å². The minimum Gasteiger partial charge on any atom is -0.363 e. The summed E-state index contributed by atoms with van der Waals surface area (Å²) in [7, 11) is -14.7. The third kappa shape index (κ3) is 7.63. The molecule has 0 aromatic carbocycles. The fourth-order valence-electron chi connectivity index (χ4n) is 4.46. The molecule has 15 nitrogen and oxygen atoms in total. The van der Waals surface area contributed by atoms with Gasteiger partial charge < -0.3 is 28.9 Å². The zero-order chi connectivity index (χ0) is 27.1. The van der Waals surface area contributed by atoms with E-state index < -0.39 is 71.4 Å². The number of fused-ring (bicyclic) bond motifs is 1. The zero-order valence-corrected chi connectivity index (χ0v) is 22.6. The van der Waals surface area contributed by atoms with Gasteiger partial charge in [-0.3, -0.25) is 24.0 Å². The van der Waals surface area contributed by atoms with Crippen LogP contribution in [-0.4, -0.2) is 64.1 Å². The van der Waals surface area contributed by atoms with E-state index in [2.05, 4.69) is 18.5 Å². The molecule has 0 aromatic heterocycles. The highest BCUT2D eigenvalue weighted by atomic mass is 31.3. The fraction of sp³-hybridized carbons (Fsp3) is 0.778. The van der Waals surface area contributed by atoms with Crippen LogP contribution in [0.2, 0.25) is 0 Å². The summed E-state index contributed by atoms with van der Waals surface area (Å²) in [6.45, 7) is 5.06. The van der Waals surface area contributed by atoms with Gasteiger partial charge in [0.2, 0.25) is 11.8 Å². The van der Waals surface area contributed by atoms with Crippen molar-refractivity contribution in [2.45, 2.75) is 57.7 Å². The lowest BCUT2D eigenvalue weighted by molar-refractivity contribution is -0.170. The van der Waals surface area contributed by atoms with E-state index in [1.54, 1.807) is 26.8 Å². The van der Waals surface area contributed by atoms with Crippen LogP contribution in [0.4, 0.5) is 0 Å². The number of ether oxygens (including phenoxy) is 3. The van der Waals surface area contributed by atoms with Gasteiger partial charge in [0.25, 0.3) is 0 Å². The van der Waals surface area contributed by atoms with Crippen LogP contribution in [0, 0.1) is 17.8 Å². The van der Waals surface area contributed by atoms with Crippen LogP contribution in [0.3, 0.4) is 0 Å². The smallest absolute Gasteiger partial charge is 0.363 e. The Morgan fingerprint density at radius 1 is 1.08 bits per heavy atom. The van der Waals surface area contributed by atoms with Gasteiger partial charge in [-0.15, -0.1) is 0 Å². The molecule has 9 unspecified atom stereocenters. The van der Waals surface area contributed by atoms with Crippen LogP contribution in [0.25, 0.3) is 0 Å². The maximum Gasteiger partial charge on any atom is 0.488 e. The number of allylic oxidation sites excluding steroid dienone is 1. The number of imide groups is 1. The molecule has 0 radical (unpaired) electrons. The Hall–Kier alpha value is -0.790. The Bertz CT molecular complexity index is 1050. The standard InChI is InChI=1S/C18H30NO14P3/c1-10-11(5-6-14(20)19-17(10)21)7-12-8-13(16-15(12)30-18(2,3)31-16)29-9-34(22,23)32-36(26,27)33-35(24,25)28-4/h5-6,10-13,15-16H,7-9H2,1-4H3,(H,22,23)(H,24,25)(H,26,27)(H,19,20,21). The fourth-order valence-corrected chi connectivity index (χ4v) is 8.02. The quantitative estimate of drug-likeness (QED) is 0.215. The van der Waals surface area contributed by atoms with Crippen LogP contribution >= 0.6 is 23.2 Å². The van der Waals surface area contributed by atoms with Gasteiger partial charge in [-0.1, -0.05) is 13.0 Å². The van der Waals surface area contributed by atoms with Crippen molar-refractivity contribution in [2.75, 3.05) is 13.5 Å². The predicted octanol–water partition coefficient (Wildman–Crippen LogP) is 1.79. The first-order valence-electron chi connectivity index (χ1n) is 10.9. The molecule has 206 valence electrons. The summed E-state index contributed by atoms with van der Waals surface area (Å²) in [6, 6.07) is 0. The van der Waals surface area contributed by atoms with Gasteiger partial charge >= 0.3 is 23.2 Å². The molecule has 1 saturated carbocycles. The summed E-state index contributed by atoms with van der Waals surface area (Å²) in [5.74, 6) is -2.93. The number of rotatable bonds is 10. The number of hydrogen-bond acceptors (Lipinski definition) is 11. The monoisotopic (exact) mass is 577 g/mol. The highest BCUT2D eigenvalue weighted by Crippen LogP contribution is 2.67. The summed E-state index contributed by atoms with van der Waals surface area (Å²) in [5.41, 5.74) is 0. The highest BCUT2D eigenvalue weighted by molar-refractivity contribution is 7.68. The van der Waals surface area contributed by atoms with Gasteiger partial charge in [0.1, 0.15) is 12.5 Å². The summed E-state index contributed by atoms with van der Waals surface area (Å²) in [6.07, 6.45) is 0.623. The molecule has 9 atom stereocenters. The molecule has 0 bridgehead atoms. The van der Waals surface area contributed by atoms with Gasteiger partial charge in [0.15, 0.2) is 5.79 Å². The van der Waals surface area contributed by atoms with Crippen molar-refractivity contribution in [3.8, 4) is 0 Å². The maximum atomic E-state index is 12.4. The van der Waals surface area contributed by atoms with Crippen molar-refractivity contribution in [2.24, 2.45) is 17.8 Å². The number of amides is 2. The average Bonchev–Trinajstić information content (AvgIpc) is 3.16. The third-order valence-electron chi connectivity index (χ3n) is 6.02. The molecule has 3 rings (SSSR count). The molecule has 2 heterocycles. The number of hydrogen-bond donors (Lipinski definition) is 4. The zero-order valence-electron chi connectivity index (χ0n) is 19.9. The summed E-state index contributed by atoms with van der Waals surface area (Å²) in [5, 5.41) is 2.28. The normalized spacial score (nSPS) is 36.9. The first kappa shape index (κ1) is 29.8. The van der Waals surface area contributed by atoms with Crippen molar-refractivity contribution in [1.29, 1.82) is 0 Å². The number of carbonyl (C=O) groups excluding carboxylic acids is 2. The Morgan fingerprint density at radius 3 is 2.36 bits per heavy atom. The SMILES string of the molecule is COP(=O)(O)OP(=O)(O)OP(=O)(O)COC1CC(CC2C=CC(=O)NC(=O)C2C)C2OC(C)(C)OC12. The lowest BCUT2D eigenvalue weighted by Crippen LogP contribution is -2.35. The van der Waals surface area contributed by atoms with Gasteiger partial charge in [0.05, 0.1) is 12.2 Å². The lowest BCUT2D eigenvalue weighted by atomic mass is 9.83. The molecule has 2 aliphatic heterocycles. The first-order valence-corrected chi connectivity index (χ1v) is 15.6. The van der Waals surface area contributed by atoms with Crippen LogP contribution in [0.5, 0.6) is 0 Å². The van der Waals surface area contributed by atoms with E-state index in [4.69, 9.17) is 19.1 Å². The van der Waals surface area contributed by atoms with Gasteiger partial charge in [-0.25, -0.2) is 13.4 Å². The molecule has 0 aromatic rings. The van der Waals surface area contributed by atoms with E-state index in [-0.39, 0.29) is 18.3 Å². The van der Waals surface area contributed by atoms with Crippen LogP contribution < -0.4 is 5.32 Å². The Morgan fingerprint density at radius 2 is 1.72 bits per heavy atom. The molecule has 1 aliphatic carbocycles. The van der Waals surface area contributed by atoms with E-state index in [0.717, 1.165) is 7.11 Å². The number of phosphoric ester groups is 1. The van der Waals surface area contributed by atoms with E-state index in [9.17, 15) is 33.1 Å². The summed E-state index contributed by atoms with van der Waals surface area (Å²) in [4.78, 5) is 52.6. The molecule has 3 aliphatic rings. The molecular formula is C18H30NO14P3. The minimum atomic E-state index is -5.47. The molecular weight excluding hydrogens is 547 g/mol. The highest BCUT2D eigenvalue weighted by Gasteiger charge is 2.55. The Balaban J connectivity index is 1.69. The molecule has 18 heteroatoms. The van der Waals surface area contributed by atoms with Gasteiger partial charge in [0, 0.05) is 13.0 Å². The Kier molecular flexibility index (Phi) is 8.90. The molecule has 1 saturated heterocycles. The molecule has 0 spiro atoms. The van der Waals surface area contributed by atoms with Crippen molar-refractivity contribution >= 4 is 35.1 Å². The third-order valence-corrected chi connectivity index (χ3v) is 10.5.